The lowest BCUT2D eigenvalue weighted by Crippen LogP contribution is -2.29. The molecule has 0 saturated heterocycles. The molecule has 0 aliphatic carbocycles. The Morgan fingerprint density at radius 2 is 1.85 bits per heavy atom. The van der Waals surface area contributed by atoms with Crippen molar-refractivity contribution < 1.29 is 14.8 Å². The molecule has 2 amide bonds. The van der Waals surface area contributed by atoms with E-state index in [2.05, 4.69) is 35.6 Å². The van der Waals surface area contributed by atoms with Gasteiger partial charge < -0.3 is 5.32 Å². The summed E-state index contributed by atoms with van der Waals surface area (Å²) in [6, 6.07) is 19.4. The zero-order valence-corrected chi connectivity index (χ0v) is 14.6. The molecule has 0 unspecified atom stereocenters. The molecule has 3 N–H and O–H groups in total. The van der Waals surface area contributed by atoms with Crippen LogP contribution >= 0.6 is 0 Å². The molecule has 3 aromatic rings. The quantitative estimate of drug-likeness (QED) is 0.495. The summed E-state index contributed by atoms with van der Waals surface area (Å²) >= 11 is 0. The van der Waals surface area contributed by atoms with Gasteiger partial charge in [0.2, 0.25) is 5.91 Å². The fourth-order valence-corrected chi connectivity index (χ4v) is 3.45. The minimum atomic E-state index is -0.575. The maximum absolute atomic E-state index is 12.3. The first-order chi connectivity index (χ1) is 13.1. The third kappa shape index (κ3) is 3.67. The van der Waals surface area contributed by atoms with E-state index in [4.69, 9.17) is 5.21 Å². The van der Waals surface area contributed by atoms with Gasteiger partial charge in [-0.3, -0.25) is 19.7 Å². The summed E-state index contributed by atoms with van der Waals surface area (Å²) in [7, 11) is 0. The zero-order chi connectivity index (χ0) is 18.8. The Kier molecular flexibility index (Phi) is 4.58. The van der Waals surface area contributed by atoms with E-state index < -0.39 is 5.91 Å². The molecule has 0 atom stereocenters. The van der Waals surface area contributed by atoms with Gasteiger partial charge in [0.15, 0.2) is 0 Å². The molecule has 1 aliphatic heterocycles. The number of benzene rings is 3. The van der Waals surface area contributed by atoms with Crippen LogP contribution < -0.4 is 10.8 Å². The van der Waals surface area contributed by atoms with Crippen molar-refractivity contribution in [3.63, 3.8) is 0 Å². The summed E-state index contributed by atoms with van der Waals surface area (Å²) in [5.74, 6) is -0.664. The van der Waals surface area contributed by atoms with E-state index in [1.807, 2.05) is 17.0 Å². The van der Waals surface area contributed by atoms with Gasteiger partial charge in [0, 0.05) is 24.3 Å². The van der Waals surface area contributed by atoms with Crippen LogP contribution in [0.3, 0.4) is 0 Å². The van der Waals surface area contributed by atoms with Crippen molar-refractivity contribution in [1.29, 1.82) is 0 Å². The lowest BCUT2D eigenvalue weighted by Gasteiger charge is -2.19. The molecule has 1 heterocycles. The first-order valence-electron chi connectivity index (χ1n) is 8.69. The van der Waals surface area contributed by atoms with Crippen molar-refractivity contribution in [3.8, 4) is 0 Å². The maximum atomic E-state index is 12.3. The van der Waals surface area contributed by atoms with Gasteiger partial charge in [-0.2, -0.15) is 0 Å². The number of rotatable bonds is 3. The molecule has 27 heavy (non-hydrogen) atoms. The van der Waals surface area contributed by atoms with Gasteiger partial charge in [-0.1, -0.05) is 36.4 Å². The number of hydrogen-bond acceptors (Lipinski definition) is 4. The van der Waals surface area contributed by atoms with E-state index in [0.717, 1.165) is 16.5 Å². The minimum Gasteiger partial charge on any atom is -0.325 e. The van der Waals surface area contributed by atoms with Crippen molar-refractivity contribution in [2.75, 3.05) is 11.9 Å². The number of anilines is 1. The number of hydroxylamine groups is 1. The van der Waals surface area contributed by atoms with Gasteiger partial charge >= 0.3 is 0 Å². The number of nitrogens with one attached hydrogen (secondary N) is 2. The molecule has 136 valence electrons. The fraction of sp³-hybridized carbons (Fsp3) is 0.143. The Hall–Kier alpha value is -3.22. The highest BCUT2D eigenvalue weighted by atomic mass is 16.5. The summed E-state index contributed by atoms with van der Waals surface area (Å²) in [6.45, 7) is 1.41. The van der Waals surface area contributed by atoms with Crippen molar-refractivity contribution >= 4 is 28.3 Å². The predicted molar refractivity (Wildman–Crippen MR) is 102 cm³/mol. The Labute approximate surface area is 156 Å². The Balaban J connectivity index is 1.61. The van der Waals surface area contributed by atoms with Crippen LogP contribution in [-0.4, -0.2) is 28.5 Å². The summed E-state index contributed by atoms with van der Waals surface area (Å²) in [5, 5.41) is 14.1. The van der Waals surface area contributed by atoms with Crippen LogP contribution in [-0.2, 0) is 17.9 Å². The molecule has 4 rings (SSSR count). The summed E-state index contributed by atoms with van der Waals surface area (Å²) < 4.78 is 0. The van der Waals surface area contributed by atoms with E-state index in [0.29, 0.717) is 24.3 Å². The highest BCUT2D eigenvalue weighted by Crippen LogP contribution is 2.24. The van der Waals surface area contributed by atoms with Crippen LogP contribution in [0.25, 0.3) is 10.8 Å². The monoisotopic (exact) mass is 361 g/mol. The van der Waals surface area contributed by atoms with E-state index in [9.17, 15) is 9.59 Å². The molecule has 1 aliphatic rings. The Bertz CT molecular complexity index is 1030. The number of amides is 2. The second-order valence-electron chi connectivity index (χ2n) is 6.69. The van der Waals surface area contributed by atoms with E-state index >= 15 is 0 Å². The average molecular weight is 361 g/mol. The lowest BCUT2D eigenvalue weighted by atomic mass is 10.1. The van der Waals surface area contributed by atoms with Gasteiger partial charge in [0.05, 0.1) is 6.54 Å². The molecule has 6 heteroatoms. The average Bonchev–Trinajstić information content (AvgIpc) is 2.83. The SMILES string of the molecule is O=C1CN(Cc2ccc3ccccc3c2)Cc2cc(C(=O)NO)ccc2N1. The van der Waals surface area contributed by atoms with Crippen molar-refractivity contribution in [1.82, 2.24) is 10.4 Å². The van der Waals surface area contributed by atoms with Gasteiger partial charge in [-0.25, -0.2) is 5.48 Å². The minimum absolute atomic E-state index is 0.0890. The molecule has 0 spiro atoms. The molecule has 0 saturated carbocycles. The highest BCUT2D eigenvalue weighted by molar-refractivity contribution is 5.97. The lowest BCUT2D eigenvalue weighted by molar-refractivity contribution is -0.117. The van der Waals surface area contributed by atoms with Crippen LogP contribution in [0, 0.1) is 0 Å². The number of carbonyl (C=O) groups excluding carboxylic acids is 2. The summed E-state index contributed by atoms with van der Waals surface area (Å²) in [5.41, 5.74) is 4.63. The molecule has 0 radical (unpaired) electrons. The number of carbonyl (C=O) groups is 2. The van der Waals surface area contributed by atoms with Crippen molar-refractivity contribution in [2.45, 2.75) is 13.1 Å². The Morgan fingerprint density at radius 1 is 1.04 bits per heavy atom. The van der Waals surface area contributed by atoms with E-state index in [1.54, 1.807) is 23.7 Å². The number of fused-ring (bicyclic) bond motifs is 2. The molecule has 0 bridgehead atoms. The smallest absolute Gasteiger partial charge is 0.274 e. The van der Waals surface area contributed by atoms with Gasteiger partial charge in [-0.15, -0.1) is 0 Å². The largest absolute Gasteiger partial charge is 0.325 e. The standard InChI is InChI=1S/C21H19N3O3/c25-20-13-24(11-14-5-6-15-3-1-2-4-16(15)9-14)12-18-10-17(21(26)23-27)7-8-19(18)22-20/h1-10,27H,11-13H2,(H,22,25)(H,23,26). The first kappa shape index (κ1) is 17.2. The third-order valence-corrected chi connectivity index (χ3v) is 4.72. The molecular weight excluding hydrogens is 342 g/mol. The topological polar surface area (TPSA) is 81.7 Å². The maximum Gasteiger partial charge on any atom is 0.274 e. The molecule has 6 nitrogen and oxygen atoms in total. The highest BCUT2D eigenvalue weighted by Gasteiger charge is 2.20. The second-order valence-corrected chi connectivity index (χ2v) is 6.69. The van der Waals surface area contributed by atoms with Crippen LogP contribution in [0.4, 0.5) is 5.69 Å². The van der Waals surface area contributed by atoms with E-state index in [1.165, 1.54) is 5.39 Å². The summed E-state index contributed by atoms with van der Waals surface area (Å²) in [6.07, 6.45) is 0. The van der Waals surface area contributed by atoms with Crippen LogP contribution in [0.1, 0.15) is 21.5 Å². The van der Waals surface area contributed by atoms with Crippen LogP contribution in [0.2, 0.25) is 0 Å². The van der Waals surface area contributed by atoms with Gasteiger partial charge in [-0.05, 0) is 46.2 Å². The normalized spacial score (nSPS) is 14.3. The molecule has 3 aromatic carbocycles. The van der Waals surface area contributed by atoms with E-state index in [-0.39, 0.29) is 12.5 Å². The number of hydrogen-bond donors (Lipinski definition) is 3. The van der Waals surface area contributed by atoms with Gasteiger partial charge in [0.1, 0.15) is 0 Å². The molecule has 0 aromatic heterocycles. The summed E-state index contributed by atoms with van der Waals surface area (Å²) in [4.78, 5) is 26.0. The first-order valence-corrected chi connectivity index (χ1v) is 8.69. The van der Waals surface area contributed by atoms with Crippen molar-refractivity contribution in [2.24, 2.45) is 0 Å². The number of nitrogens with zero attached hydrogens (tertiary/aromatic N) is 1. The van der Waals surface area contributed by atoms with Crippen LogP contribution in [0.5, 0.6) is 0 Å². The Morgan fingerprint density at radius 3 is 2.67 bits per heavy atom. The third-order valence-electron chi connectivity index (χ3n) is 4.72. The second kappa shape index (κ2) is 7.19. The zero-order valence-electron chi connectivity index (χ0n) is 14.6. The van der Waals surface area contributed by atoms with Gasteiger partial charge in [0.25, 0.3) is 5.91 Å². The predicted octanol–water partition coefficient (Wildman–Crippen LogP) is 2.91. The molecule has 0 fully saturated rings. The fourth-order valence-electron chi connectivity index (χ4n) is 3.45. The van der Waals surface area contributed by atoms with Crippen molar-refractivity contribution in [3.05, 3.63) is 77.4 Å². The van der Waals surface area contributed by atoms with Crippen LogP contribution in [0.15, 0.2) is 60.7 Å². The molecular formula is C21H19N3O3.